The summed E-state index contributed by atoms with van der Waals surface area (Å²) in [6.07, 6.45) is -4.14. The number of carbonyl (C=O) groups excluding carboxylic acids is 1. The van der Waals surface area contributed by atoms with Gasteiger partial charge in [-0.2, -0.15) is 18.4 Å². The molecule has 2 heterocycles. The Kier molecular flexibility index (Phi) is 6.57. The van der Waals surface area contributed by atoms with Crippen LogP contribution in [0.5, 0.6) is 0 Å². The Bertz CT molecular complexity index is 745. The second-order valence-electron chi connectivity index (χ2n) is 6.43. The van der Waals surface area contributed by atoms with Crippen LogP contribution in [0.25, 0.3) is 0 Å². The maximum Gasteiger partial charge on any atom is 0.418 e. The molecule has 0 radical (unpaired) electrons. The van der Waals surface area contributed by atoms with Crippen molar-refractivity contribution in [2.45, 2.75) is 18.6 Å². The number of anilines is 1. The molecule has 0 saturated carbocycles. The van der Waals surface area contributed by atoms with Crippen LogP contribution in [0, 0.1) is 11.3 Å². The first-order valence-corrected chi connectivity index (χ1v) is 8.34. The Morgan fingerprint density at radius 1 is 1.26 bits per heavy atom. The van der Waals surface area contributed by atoms with E-state index in [0.717, 1.165) is 6.07 Å². The van der Waals surface area contributed by atoms with Crippen molar-refractivity contribution < 1.29 is 22.7 Å². The Morgan fingerprint density at radius 2 is 1.93 bits per heavy atom. The Morgan fingerprint density at radius 3 is 2.44 bits per heavy atom. The first-order chi connectivity index (χ1) is 12.3. The van der Waals surface area contributed by atoms with Crippen LogP contribution in [-0.4, -0.2) is 56.2 Å². The number of benzene rings is 1. The fraction of sp³-hybridized carbons (Fsp3) is 0.529. The van der Waals surface area contributed by atoms with Crippen molar-refractivity contribution in [2.75, 3.05) is 44.3 Å². The molecule has 0 spiro atoms. The summed E-state index contributed by atoms with van der Waals surface area (Å²) in [4.78, 5) is 15.9. The molecule has 0 aromatic heterocycles. The molecule has 1 atom stereocenters. The van der Waals surface area contributed by atoms with Crippen LogP contribution in [-0.2, 0) is 10.9 Å². The number of carbonyl (C=O) groups is 1. The van der Waals surface area contributed by atoms with Gasteiger partial charge in [-0.3, -0.25) is 4.79 Å². The van der Waals surface area contributed by atoms with E-state index in [-0.39, 0.29) is 41.8 Å². The number of nitrogens with two attached hydrogens (primary N) is 1. The molecule has 10 heteroatoms. The Hall–Kier alpha value is -2.02. The van der Waals surface area contributed by atoms with Crippen molar-refractivity contribution in [3.8, 4) is 6.07 Å². The molecule has 0 aliphatic carbocycles. The number of alkyl halides is 3. The minimum Gasteiger partial charge on any atom is -0.378 e. The minimum atomic E-state index is -4.69. The van der Waals surface area contributed by atoms with E-state index in [4.69, 9.17) is 15.7 Å². The van der Waals surface area contributed by atoms with Crippen molar-refractivity contribution >= 4 is 24.0 Å². The maximum absolute atomic E-state index is 13.7. The van der Waals surface area contributed by atoms with Gasteiger partial charge in [0.25, 0.3) is 5.91 Å². The Labute approximate surface area is 161 Å². The maximum atomic E-state index is 13.7. The van der Waals surface area contributed by atoms with Gasteiger partial charge in [-0.05, 0) is 18.6 Å². The summed E-state index contributed by atoms with van der Waals surface area (Å²) in [5, 5.41) is 9.15. The third-order valence-corrected chi connectivity index (χ3v) is 4.61. The van der Waals surface area contributed by atoms with Crippen LogP contribution >= 0.6 is 12.4 Å². The number of hydrogen-bond acceptors (Lipinski definition) is 5. The lowest BCUT2D eigenvalue weighted by Gasteiger charge is -2.31. The standard InChI is InChI=1S/C17H19F3N4O2.ClH/c18-17(19,20)14-8-11(9-21)7-13(15(14)24-2-1-12(22)10-24)16(25)23-3-5-26-6-4-23;/h7-8,12H,1-6,10,22H2;1H. The molecular weight excluding hydrogens is 385 g/mol. The van der Waals surface area contributed by atoms with E-state index >= 15 is 0 Å². The van der Waals surface area contributed by atoms with Gasteiger partial charge in [-0.1, -0.05) is 0 Å². The van der Waals surface area contributed by atoms with Gasteiger partial charge in [-0.25, -0.2) is 0 Å². The van der Waals surface area contributed by atoms with E-state index in [2.05, 4.69) is 0 Å². The fourth-order valence-corrected chi connectivity index (χ4v) is 3.35. The number of ether oxygens (including phenoxy) is 1. The highest BCUT2D eigenvalue weighted by atomic mass is 35.5. The molecule has 1 aromatic rings. The molecule has 2 saturated heterocycles. The van der Waals surface area contributed by atoms with Crippen molar-refractivity contribution in [2.24, 2.45) is 5.73 Å². The molecule has 1 amide bonds. The zero-order valence-electron chi connectivity index (χ0n) is 14.5. The number of nitriles is 1. The topological polar surface area (TPSA) is 82.6 Å². The van der Waals surface area contributed by atoms with E-state index in [1.54, 1.807) is 6.07 Å². The SMILES string of the molecule is Cl.N#Cc1cc(C(=O)N2CCOCC2)c(N2CCC(N)C2)c(C(F)(F)F)c1. The van der Waals surface area contributed by atoms with Crippen molar-refractivity contribution in [1.82, 2.24) is 4.90 Å². The molecule has 148 valence electrons. The highest BCUT2D eigenvalue weighted by Crippen LogP contribution is 2.41. The molecule has 1 aromatic carbocycles. The molecule has 1 unspecified atom stereocenters. The molecular formula is C17H20ClF3N4O2. The van der Waals surface area contributed by atoms with Gasteiger partial charge in [0.05, 0.1) is 41.7 Å². The minimum absolute atomic E-state index is 0. The first kappa shape index (κ1) is 21.3. The molecule has 6 nitrogen and oxygen atoms in total. The number of hydrogen-bond donors (Lipinski definition) is 1. The van der Waals surface area contributed by atoms with E-state index in [0.29, 0.717) is 39.3 Å². The summed E-state index contributed by atoms with van der Waals surface area (Å²) in [7, 11) is 0. The second-order valence-corrected chi connectivity index (χ2v) is 6.43. The van der Waals surface area contributed by atoms with Gasteiger partial charge in [0.15, 0.2) is 0 Å². The summed E-state index contributed by atoms with van der Waals surface area (Å²) >= 11 is 0. The fourth-order valence-electron chi connectivity index (χ4n) is 3.35. The molecule has 0 bridgehead atoms. The number of nitrogens with zero attached hydrogens (tertiary/aromatic N) is 3. The van der Waals surface area contributed by atoms with Crippen LogP contribution in [0.15, 0.2) is 12.1 Å². The van der Waals surface area contributed by atoms with E-state index < -0.39 is 17.6 Å². The zero-order valence-corrected chi connectivity index (χ0v) is 15.3. The number of amides is 1. The van der Waals surface area contributed by atoms with Gasteiger partial charge in [0.2, 0.25) is 0 Å². The van der Waals surface area contributed by atoms with Crippen LogP contribution < -0.4 is 10.6 Å². The highest BCUT2D eigenvalue weighted by molar-refractivity contribution is 6.01. The predicted molar refractivity (Wildman–Crippen MR) is 94.9 cm³/mol. The van der Waals surface area contributed by atoms with E-state index in [1.165, 1.54) is 15.9 Å². The predicted octanol–water partition coefficient (Wildman–Crippen LogP) is 2.01. The van der Waals surface area contributed by atoms with E-state index in [1.807, 2.05) is 0 Å². The summed E-state index contributed by atoms with van der Waals surface area (Å²) < 4.78 is 46.3. The van der Waals surface area contributed by atoms with Crippen LogP contribution in [0.2, 0.25) is 0 Å². The lowest BCUT2D eigenvalue weighted by atomic mass is 10.00. The number of rotatable bonds is 2. The second kappa shape index (κ2) is 8.33. The van der Waals surface area contributed by atoms with Crippen LogP contribution in [0.4, 0.5) is 18.9 Å². The molecule has 3 rings (SSSR count). The quantitative estimate of drug-likeness (QED) is 0.815. The van der Waals surface area contributed by atoms with Crippen molar-refractivity contribution in [3.05, 3.63) is 28.8 Å². The van der Waals surface area contributed by atoms with Gasteiger partial charge >= 0.3 is 6.18 Å². The van der Waals surface area contributed by atoms with Gasteiger partial charge < -0.3 is 20.3 Å². The van der Waals surface area contributed by atoms with Gasteiger partial charge in [0, 0.05) is 32.2 Å². The van der Waals surface area contributed by atoms with Crippen LogP contribution in [0.1, 0.15) is 27.9 Å². The van der Waals surface area contributed by atoms with Crippen molar-refractivity contribution in [3.63, 3.8) is 0 Å². The number of morpholine rings is 1. The zero-order chi connectivity index (χ0) is 18.9. The summed E-state index contributed by atoms with van der Waals surface area (Å²) in [5.74, 6) is -0.522. The molecule has 2 fully saturated rings. The normalized spacial score (nSPS) is 20.2. The van der Waals surface area contributed by atoms with Crippen molar-refractivity contribution in [1.29, 1.82) is 5.26 Å². The third-order valence-electron chi connectivity index (χ3n) is 4.61. The molecule has 2 aliphatic heterocycles. The van der Waals surface area contributed by atoms with E-state index in [9.17, 15) is 18.0 Å². The van der Waals surface area contributed by atoms with Gasteiger partial charge in [-0.15, -0.1) is 12.4 Å². The molecule has 2 aliphatic rings. The Balaban J connectivity index is 0.00000261. The first-order valence-electron chi connectivity index (χ1n) is 8.34. The monoisotopic (exact) mass is 404 g/mol. The summed E-state index contributed by atoms with van der Waals surface area (Å²) in [6, 6.07) is 3.52. The largest absolute Gasteiger partial charge is 0.418 e. The summed E-state index contributed by atoms with van der Waals surface area (Å²) in [6.45, 7) is 1.84. The highest BCUT2D eigenvalue weighted by Gasteiger charge is 2.39. The third kappa shape index (κ3) is 4.46. The summed E-state index contributed by atoms with van der Waals surface area (Å²) in [5.41, 5.74) is 4.41. The number of halogens is 4. The average Bonchev–Trinajstić information content (AvgIpc) is 3.06. The van der Waals surface area contributed by atoms with Gasteiger partial charge in [0.1, 0.15) is 0 Å². The molecule has 2 N–H and O–H groups in total. The molecule has 27 heavy (non-hydrogen) atoms. The lowest BCUT2D eigenvalue weighted by molar-refractivity contribution is -0.137. The average molecular weight is 405 g/mol. The van der Waals surface area contributed by atoms with Crippen LogP contribution in [0.3, 0.4) is 0 Å². The smallest absolute Gasteiger partial charge is 0.378 e. The lowest BCUT2D eigenvalue weighted by Crippen LogP contribution is -2.41.